The highest BCUT2D eigenvalue weighted by molar-refractivity contribution is 7.99. The van der Waals surface area contributed by atoms with Crippen LogP contribution in [-0.2, 0) is 4.79 Å². The van der Waals surface area contributed by atoms with Gasteiger partial charge in [-0.15, -0.1) is 0 Å². The largest absolute Gasteiger partial charge is 0.497 e. The molecule has 2 aromatic rings. The SMILES string of the molecule is COc1ccc(/C=C(\C#N)C(=O)Nc2ccc(SC(F)F)cc2)c(OC)c1. The highest BCUT2D eigenvalue weighted by Crippen LogP contribution is 2.28. The number of ether oxygens (including phenoxy) is 2. The van der Waals surface area contributed by atoms with Crippen LogP contribution in [-0.4, -0.2) is 25.9 Å². The zero-order valence-corrected chi connectivity index (χ0v) is 15.3. The number of nitrogens with zero attached hydrogens (tertiary/aromatic N) is 1. The van der Waals surface area contributed by atoms with Gasteiger partial charge < -0.3 is 14.8 Å². The Morgan fingerprint density at radius 3 is 2.44 bits per heavy atom. The third kappa shape index (κ3) is 5.72. The van der Waals surface area contributed by atoms with Crippen molar-refractivity contribution in [1.82, 2.24) is 0 Å². The number of nitriles is 1. The summed E-state index contributed by atoms with van der Waals surface area (Å²) in [7, 11) is 2.99. The molecule has 0 atom stereocenters. The molecule has 8 heteroatoms. The first kappa shape index (κ1) is 20.3. The number of methoxy groups -OCH3 is 2. The molecular formula is C19H16F2N2O3S. The van der Waals surface area contributed by atoms with Gasteiger partial charge >= 0.3 is 0 Å². The topological polar surface area (TPSA) is 71.3 Å². The highest BCUT2D eigenvalue weighted by atomic mass is 32.2. The number of thioether (sulfide) groups is 1. The molecule has 2 rings (SSSR count). The molecule has 0 unspecified atom stereocenters. The Kier molecular flexibility index (Phi) is 7.20. The van der Waals surface area contributed by atoms with Crippen LogP contribution in [0.5, 0.6) is 11.5 Å². The van der Waals surface area contributed by atoms with Crippen LogP contribution in [0.4, 0.5) is 14.5 Å². The fourth-order valence-electron chi connectivity index (χ4n) is 2.16. The van der Waals surface area contributed by atoms with E-state index < -0.39 is 11.7 Å². The van der Waals surface area contributed by atoms with Gasteiger partial charge in [-0.1, -0.05) is 11.8 Å². The minimum Gasteiger partial charge on any atom is -0.497 e. The van der Waals surface area contributed by atoms with E-state index in [2.05, 4.69) is 5.32 Å². The molecule has 0 radical (unpaired) electrons. The fraction of sp³-hybridized carbons (Fsp3) is 0.158. The van der Waals surface area contributed by atoms with E-state index in [1.165, 1.54) is 44.6 Å². The molecular weight excluding hydrogens is 374 g/mol. The van der Waals surface area contributed by atoms with Crippen LogP contribution >= 0.6 is 11.8 Å². The summed E-state index contributed by atoms with van der Waals surface area (Å²) in [6, 6.07) is 12.7. The predicted molar refractivity (Wildman–Crippen MR) is 100 cm³/mol. The molecule has 0 saturated carbocycles. The number of amides is 1. The van der Waals surface area contributed by atoms with Crippen LogP contribution in [0.1, 0.15) is 5.56 Å². The molecule has 0 aromatic heterocycles. The molecule has 0 spiro atoms. The second-order valence-electron chi connectivity index (χ2n) is 5.13. The smallest absolute Gasteiger partial charge is 0.288 e. The van der Waals surface area contributed by atoms with Crippen molar-refractivity contribution in [1.29, 1.82) is 5.26 Å². The minimum absolute atomic E-state index is 0.135. The van der Waals surface area contributed by atoms with Crippen molar-refractivity contribution in [3.8, 4) is 17.6 Å². The monoisotopic (exact) mass is 390 g/mol. The third-order valence-electron chi connectivity index (χ3n) is 3.44. The van der Waals surface area contributed by atoms with Gasteiger partial charge in [-0.3, -0.25) is 4.79 Å². The van der Waals surface area contributed by atoms with Crippen molar-refractivity contribution in [3.63, 3.8) is 0 Å². The maximum Gasteiger partial charge on any atom is 0.288 e. The Morgan fingerprint density at radius 2 is 1.89 bits per heavy atom. The Bertz CT molecular complexity index is 878. The van der Waals surface area contributed by atoms with Crippen LogP contribution in [0, 0.1) is 11.3 Å². The molecule has 1 N–H and O–H groups in total. The number of carbonyl (C=O) groups is 1. The standard InChI is InChI=1S/C19H16F2N2O3S/c1-25-15-6-3-12(17(10-15)26-2)9-13(11-22)18(24)23-14-4-7-16(8-5-14)27-19(20)21/h3-10,19H,1-2H3,(H,23,24)/b13-9+. The number of alkyl halides is 2. The average molecular weight is 390 g/mol. The summed E-state index contributed by atoms with van der Waals surface area (Å²) in [5.74, 6) is -2.11. The van der Waals surface area contributed by atoms with Crippen LogP contribution < -0.4 is 14.8 Å². The second-order valence-corrected chi connectivity index (χ2v) is 6.20. The van der Waals surface area contributed by atoms with E-state index in [-0.39, 0.29) is 5.57 Å². The van der Waals surface area contributed by atoms with E-state index in [0.29, 0.717) is 39.4 Å². The van der Waals surface area contributed by atoms with Crippen LogP contribution in [0.25, 0.3) is 6.08 Å². The molecule has 0 aliphatic rings. The van der Waals surface area contributed by atoms with Gasteiger partial charge in [-0.25, -0.2) is 0 Å². The fourth-order valence-corrected chi connectivity index (χ4v) is 2.66. The summed E-state index contributed by atoms with van der Waals surface area (Å²) in [4.78, 5) is 12.7. The number of anilines is 1. The van der Waals surface area contributed by atoms with E-state index in [1.807, 2.05) is 6.07 Å². The van der Waals surface area contributed by atoms with Crippen LogP contribution in [0.15, 0.2) is 52.9 Å². The normalized spacial score (nSPS) is 11.0. The van der Waals surface area contributed by atoms with Gasteiger partial charge in [-0.05, 0) is 42.5 Å². The van der Waals surface area contributed by atoms with Gasteiger partial charge in [0.2, 0.25) is 0 Å². The van der Waals surface area contributed by atoms with E-state index in [4.69, 9.17) is 9.47 Å². The van der Waals surface area contributed by atoms with Gasteiger partial charge in [0, 0.05) is 22.2 Å². The molecule has 1 amide bonds. The molecule has 27 heavy (non-hydrogen) atoms. The molecule has 0 fully saturated rings. The Hall–Kier alpha value is -3.05. The molecule has 0 bridgehead atoms. The first-order valence-electron chi connectivity index (χ1n) is 7.67. The van der Waals surface area contributed by atoms with E-state index in [1.54, 1.807) is 18.2 Å². The van der Waals surface area contributed by atoms with Crippen LogP contribution in [0.2, 0.25) is 0 Å². The lowest BCUT2D eigenvalue weighted by atomic mass is 10.1. The molecule has 2 aromatic carbocycles. The van der Waals surface area contributed by atoms with Crippen LogP contribution in [0.3, 0.4) is 0 Å². The van der Waals surface area contributed by atoms with Crippen molar-refractivity contribution >= 4 is 29.4 Å². The lowest BCUT2D eigenvalue weighted by Crippen LogP contribution is -2.13. The number of halogens is 2. The summed E-state index contributed by atoms with van der Waals surface area (Å²) in [5.41, 5.74) is 0.791. The quantitative estimate of drug-likeness (QED) is 0.426. The van der Waals surface area contributed by atoms with Gasteiger partial charge in [0.1, 0.15) is 23.1 Å². The number of hydrogen-bond donors (Lipinski definition) is 1. The summed E-state index contributed by atoms with van der Waals surface area (Å²) in [6.07, 6.45) is 1.40. The van der Waals surface area contributed by atoms with Crippen molar-refractivity contribution in [2.24, 2.45) is 0 Å². The van der Waals surface area contributed by atoms with Gasteiger partial charge in [-0.2, -0.15) is 14.0 Å². The van der Waals surface area contributed by atoms with Gasteiger partial charge in [0.25, 0.3) is 11.7 Å². The zero-order valence-electron chi connectivity index (χ0n) is 14.5. The molecule has 140 valence electrons. The average Bonchev–Trinajstić information content (AvgIpc) is 2.67. The maximum absolute atomic E-state index is 12.3. The number of benzene rings is 2. The molecule has 0 aliphatic carbocycles. The number of rotatable bonds is 7. The van der Waals surface area contributed by atoms with Crippen molar-refractivity contribution in [2.75, 3.05) is 19.5 Å². The zero-order chi connectivity index (χ0) is 19.8. The maximum atomic E-state index is 12.3. The summed E-state index contributed by atoms with van der Waals surface area (Å²) in [6.45, 7) is 0. The van der Waals surface area contributed by atoms with Gasteiger partial charge in [0.05, 0.1) is 14.2 Å². The van der Waals surface area contributed by atoms with E-state index in [0.717, 1.165) is 0 Å². The van der Waals surface area contributed by atoms with E-state index in [9.17, 15) is 18.8 Å². The number of nitrogens with one attached hydrogen (secondary N) is 1. The Morgan fingerprint density at radius 1 is 1.19 bits per heavy atom. The predicted octanol–water partition coefficient (Wildman–Crippen LogP) is 4.56. The molecule has 0 saturated heterocycles. The Labute approximate surface area is 159 Å². The van der Waals surface area contributed by atoms with Crippen molar-refractivity contribution < 1.29 is 23.0 Å². The summed E-state index contributed by atoms with van der Waals surface area (Å²) >= 11 is 0.412. The Balaban J connectivity index is 2.18. The molecule has 5 nitrogen and oxygen atoms in total. The lowest BCUT2D eigenvalue weighted by molar-refractivity contribution is -0.112. The number of carbonyl (C=O) groups excluding carboxylic acids is 1. The highest BCUT2D eigenvalue weighted by Gasteiger charge is 2.12. The third-order valence-corrected chi connectivity index (χ3v) is 4.17. The molecule has 0 aliphatic heterocycles. The molecule has 0 heterocycles. The summed E-state index contributed by atoms with van der Waals surface area (Å²) < 4.78 is 35.0. The second kappa shape index (κ2) is 9.59. The van der Waals surface area contributed by atoms with Gasteiger partial charge in [0.15, 0.2) is 0 Å². The van der Waals surface area contributed by atoms with Crippen molar-refractivity contribution in [3.05, 3.63) is 53.6 Å². The summed E-state index contributed by atoms with van der Waals surface area (Å²) in [5, 5.41) is 11.9. The van der Waals surface area contributed by atoms with Crippen molar-refractivity contribution in [2.45, 2.75) is 10.7 Å². The number of hydrogen-bond acceptors (Lipinski definition) is 5. The van der Waals surface area contributed by atoms with E-state index >= 15 is 0 Å². The lowest BCUT2D eigenvalue weighted by Gasteiger charge is -2.09. The first-order chi connectivity index (χ1) is 13.0. The first-order valence-corrected chi connectivity index (χ1v) is 8.55. The minimum atomic E-state index is -2.52.